The highest BCUT2D eigenvalue weighted by Gasteiger charge is 2.25. The molecule has 22 heavy (non-hydrogen) atoms. The molecule has 0 atom stereocenters. The van der Waals surface area contributed by atoms with E-state index in [-0.39, 0.29) is 10.8 Å². The van der Waals surface area contributed by atoms with E-state index in [1.54, 1.807) is 12.1 Å². The largest absolute Gasteiger partial charge is 0.346 e. The van der Waals surface area contributed by atoms with E-state index in [1.165, 1.54) is 12.1 Å². The molecule has 0 aliphatic heterocycles. The second-order valence-corrected chi connectivity index (χ2v) is 8.13. The SMILES string of the molecule is CC(C)(CN)NC(=O)c1cccc(S(=O)(=O)NCC2CC2)c1. The van der Waals surface area contributed by atoms with Crippen LogP contribution in [0.1, 0.15) is 37.0 Å². The van der Waals surface area contributed by atoms with Crippen molar-refractivity contribution in [2.24, 2.45) is 11.7 Å². The molecule has 2 rings (SSSR count). The summed E-state index contributed by atoms with van der Waals surface area (Å²) >= 11 is 0. The molecule has 1 aromatic carbocycles. The highest BCUT2D eigenvalue weighted by molar-refractivity contribution is 7.89. The van der Waals surface area contributed by atoms with Crippen LogP contribution in [0.2, 0.25) is 0 Å². The number of hydrogen-bond acceptors (Lipinski definition) is 4. The average Bonchev–Trinajstić information content (AvgIpc) is 3.29. The number of nitrogens with two attached hydrogens (primary N) is 1. The predicted octanol–water partition coefficient (Wildman–Crippen LogP) is 0.842. The van der Waals surface area contributed by atoms with Gasteiger partial charge in [-0.1, -0.05) is 6.07 Å². The maximum absolute atomic E-state index is 12.2. The standard InChI is InChI=1S/C15H23N3O3S/c1-15(2,10-16)18-14(19)12-4-3-5-13(8-12)22(20,21)17-9-11-6-7-11/h3-5,8,11,17H,6-7,9-10,16H2,1-2H3,(H,18,19). The monoisotopic (exact) mass is 325 g/mol. The van der Waals surface area contributed by atoms with Gasteiger partial charge in [-0.15, -0.1) is 0 Å². The van der Waals surface area contributed by atoms with E-state index in [4.69, 9.17) is 5.73 Å². The summed E-state index contributed by atoms with van der Waals surface area (Å²) in [7, 11) is -3.58. The summed E-state index contributed by atoms with van der Waals surface area (Å²) in [5.74, 6) is 0.112. The molecule has 7 heteroatoms. The van der Waals surface area contributed by atoms with Crippen molar-refractivity contribution in [3.63, 3.8) is 0 Å². The van der Waals surface area contributed by atoms with Gasteiger partial charge in [0.1, 0.15) is 0 Å². The third-order valence-electron chi connectivity index (χ3n) is 3.63. The first kappa shape index (κ1) is 16.9. The molecular weight excluding hydrogens is 302 g/mol. The Morgan fingerprint density at radius 2 is 2.05 bits per heavy atom. The first-order valence-electron chi connectivity index (χ1n) is 7.36. The molecular formula is C15H23N3O3S. The van der Waals surface area contributed by atoms with Crippen molar-refractivity contribution in [1.29, 1.82) is 0 Å². The van der Waals surface area contributed by atoms with Crippen LogP contribution in [0, 0.1) is 5.92 Å². The fourth-order valence-corrected chi connectivity index (χ4v) is 3.03. The van der Waals surface area contributed by atoms with E-state index in [0.717, 1.165) is 12.8 Å². The molecule has 0 unspecified atom stereocenters. The number of hydrogen-bond donors (Lipinski definition) is 3. The van der Waals surface area contributed by atoms with E-state index < -0.39 is 15.6 Å². The van der Waals surface area contributed by atoms with Crippen molar-refractivity contribution in [1.82, 2.24) is 10.0 Å². The van der Waals surface area contributed by atoms with Crippen LogP contribution < -0.4 is 15.8 Å². The Balaban J connectivity index is 2.13. The summed E-state index contributed by atoms with van der Waals surface area (Å²) in [5.41, 5.74) is 5.34. The smallest absolute Gasteiger partial charge is 0.251 e. The number of carbonyl (C=O) groups is 1. The highest BCUT2D eigenvalue weighted by atomic mass is 32.2. The third kappa shape index (κ3) is 4.53. The maximum Gasteiger partial charge on any atom is 0.251 e. The molecule has 0 spiro atoms. The van der Waals surface area contributed by atoms with Gasteiger partial charge in [0.2, 0.25) is 10.0 Å². The third-order valence-corrected chi connectivity index (χ3v) is 5.05. The second-order valence-electron chi connectivity index (χ2n) is 6.37. The molecule has 4 N–H and O–H groups in total. The number of amides is 1. The van der Waals surface area contributed by atoms with Crippen LogP contribution in [0.15, 0.2) is 29.2 Å². The van der Waals surface area contributed by atoms with Crippen LogP contribution in [0.5, 0.6) is 0 Å². The number of nitrogens with one attached hydrogen (secondary N) is 2. The Morgan fingerprint density at radius 3 is 2.64 bits per heavy atom. The Morgan fingerprint density at radius 1 is 1.36 bits per heavy atom. The number of rotatable bonds is 7. The fraction of sp³-hybridized carbons (Fsp3) is 0.533. The lowest BCUT2D eigenvalue weighted by atomic mass is 10.1. The van der Waals surface area contributed by atoms with E-state index >= 15 is 0 Å². The lowest BCUT2D eigenvalue weighted by Crippen LogP contribution is -2.48. The molecule has 1 aromatic rings. The van der Waals surface area contributed by atoms with Crippen molar-refractivity contribution < 1.29 is 13.2 Å². The summed E-state index contributed by atoms with van der Waals surface area (Å²) in [4.78, 5) is 12.3. The van der Waals surface area contributed by atoms with Gasteiger partial charge in [0.15, 0.2) is 0 Å². The summed E-state index contributed by atoms with van der Waals surface area (Å²) < 4.78 is 27.0. The minimum atomic E-state index is -3.58. The van der Waals surface area contributed by atoms with Gasteiger partial charge in [-0.25, -0.2) is 13.1 Å². The van der Waals surface area contributed by atoms with Gasteiger partial charge in [0, 0.05) is 24.2 Å². The van der Waals surface area contributed by atoms with E-state index in [2.05, 4.69) is 10.0 Å². The lowest BCUT2D eigenvalue weighted by molar-refractivity contribution is 0.0915. The number of sulfonamides is 1. The van der Waals surface area contributed by atoms with Gasteiger partial charge in [0.05, 0.1) is 4.90 Å². The molecule has 1 fully saturated rings. The zero-order valence-electron chi connectivity index (χ0n) is 12.9. The molecule has 0 heterocycles. The van der Waals surface area contributed by atoms with Crippen molar-refractivity contribution >= 4 is 15.9 Å². The Bertz CT molecular complexity index is 652. The molecule has 0 bridgehead atoms. The Kier molecular flexibility index (Phi) is 4.89. The molecule has 0 radical (unpaired) electrons. The molecule has 0 aromatic heterocycles. The van der Waals surface area contributed by atoms with E-state index in [1.807, 2.05) is 13.8 Å². The van der Waals surface area contributed by atoms with Gasteiger partial charge in [-0.05, 0) is 50.8 Å². The van der Waals surface area contributed by atoms with Crippen LogP contribution in [0.3, 0.4) is 0 Å². The number of benzene rings is 1. The van der Waals surface area contributed by atoms with Crippen molar-refractivity contribution in [3.05, 3.63) is 29.8 Å². The molecule has 6 nitrogen and oxygen atoms in total. The van der Waals surface area contributed by atoms with Gasteiger partial charge in [-0.2, -0.15) is 0 Å². The van der Waals surface area contributed by atoms with Gasteiger partial charge >= 0.3 is 0 Å². The molecule has 1 aliphatic rings. The quantitative estimate of drug-likeness (QED) is 0.691. The predicted molar refractivity (Wildman–Crippen MR) is 85.0 cm³/mol. The van der Waals surface area contributed by atoms with Crippen LogP contribution in [0.4, 0.5) is 0 Å². The summed E-state index contributed by atoms with van der Waals surface area (Å²) in [6.07, 6.45) is 2.14. The number of carbonyl (C=O) groups excluding carboxylic acids is 1. The molecule has 122 valence electrons. The van der Waals surface area contributed by atoms with Crippen LogP contribution in [-0.4, -0.2) is 33.0 Å². The minimum absolute atomic E-state index is 0.103. The lowest BCUT2D eigenvalue weighted by Gasteiger charge is -2.24. The van der Waals surface area contributed by atoms with E-state index in [9.17, 15) is 13.2 Å². The van der Waals surface area contributed by atoms with Crippen molar-refractivity contribution in [2.45, 2.75) is 37.1 Å². The second kappa shape index (κ2) is 6.36. The molecule has 1 aliphatic carbocycles. The van der Waals surface area contributed by atoms with Crippen molar-refractivity contribution in [3.8, 4) is 0 Å². The summed E-state index contributed by atoms with van der Waals surface area (Å²) in [6.45, 7) is 4.37. The minimum Gasteiger partial charge on any atom is -0.346 e. The zero-order chi connectivity index (χ0) is 16.4. The van der Waals surface area contributed by atoms with Crippen LogP contribution in [0.25, 0.3) is 0 Å². The highest BCUT2D eigenvalue weighted by Crippen LogP contribution is 2.28. The van der Waals surface area contributed by atoms with Gasteiger partial charge in [0.25, 0.3) is 5.91 Å². The normalized spacial score (nSPS) is 15.6. The Labute approximate surface area is 131 Å². The Hall–Kier alpha value is -1.44. The fourth-order valence-electron chi connectivity index (χ4n) is 1.87. The average molecular weight is 325 g/mol. The van der Waals surface area contributed by atoms with Gasteiger partial charge < -0.3 is 11.1 Å². The molecule has 1 amide bonds. The molecule has 0 saturated heterocycles. The summed E-state index contributed by atoms with van der Waals surface area (Å²) in [6, 6.07) is 6.02. The zero-order valence-corrected chi connectivity index (χ0v) is 13.7. The van der Waals surface area contributed by atoms with Crippen LogP contribution >= 0.6 is 0 Å². The first-order valence-corrected chi connectivity index (χ1v) is 8.84. The van der Waals surface area contributed by atoms with Crippen molar-refractivity contribution in [2.75, 3.05) is 13.1 Å². The van der Waals surface area contributed by atoms with E-state index in [0.29, 0.717) is 24.6 Å². The first-order chi connectivity index (χ1) is 10.2. The maximum atomic E-state index is 12.2. The van der Waals surface area contributed by atoms with Crippen LogP contribution in [-0.2, 0) is 10.0 Å². The summed E-state index contributed by atoms with van der Waals surface area (Å²) in [5, 5.41) is 2.78. The topological polar surface area (TPSA) is 101 Å². The molecule has 1 saturated carbocycles. The van der Waals surface area contributed by atoms with Gasteiger partial charge in [-0.3, -0.25) is 4.79 Å².